The summed E-state index contributed by atoms with van der Waals surface area (Å²) in [6, 6.07) is 11.8. The van der Waals surface area contributed by atoms with Gasteiger partial charge in [-0.2, -0.15) is 0 Å². The number of hydrogen-bond donors (Lipinski definition) is 1. The quantitative estimate of drug-likeness (QED) is 0.524. The lowest BCUT2D eigenvalue weighted by molar-refractivity contribution is -0.122. The molecule has 1 aliphatic heterocycles. The standard InChI is InChI=1S/C22H23FN2O3S/c1-3-27-19-9-8-15(14-20(19)28-4-2)10-11-25-21(26)18(24-22(25)29)13-16-6-5-7-17(23)12-16/h5-9,12-14H,3-4,10-11H2,1-2H3,(H,24,29)/b18-13+. The summed E-state index contributed by atoms with van der Waals surface area (Å²) in [5, 5.41) is 3.26. The van der Waals surface area contributed by atoms with Crippen molar-refractivity contribution in [2.75, 3.05) is 19.8 Å². The molecule has 1 N–H and O–H groups in total. The van der Waals surface area contributed by atoms with Crippen molar-refractivity contribution in [3.63, 3.8) is 0 Å². The zero-order valence-corrected chi connectivity index (χ0v) is 17.2. The number of hydrogen-bond acceptors (Lipinski definition) is 4. The Kier molecular flexibility index (Phi) is 6.82. The lowest BCUT2D eigenvalue weighted by Gasteiger charge is -2.15. The normalized spacial score (nSPS) is 15.0. The summed E-state index contributed by atoms with van der Waals surface area (Å²) in [5.41, 5.74) is 1.94. The van der Waals surface area contributed by atoms with Crippen LogP contribution in [0.3, 0.4) is 0 Å². The van der Waals surface area contributed by atoms with Gasteiger partial charge in [0.1, 0.15) is 11.5 Å². The molecule has 1 amide bonds. The van der Waals surface area contributed by atoms with Gasteiger partial charge in [0.15, 0.2) is 16.6 Å². The van der Waals surface area contributed by atoms with E-state index in [0.717, 1.165) is 5.56 Å². The molecular formula is C22H23FN2O3S. The molecule has 0 aliphatic carbocycles. The molecule has 1 fully saturated rings. The molecule has 5 nitrogen and oxygen atoms in total. The summed E-state index contributed by atoms with van der Waals surface area (Å²) < 4.78 is 24.6. The maximum atomic E-state index is 13.4. The van der Waals surface area contributed by atoms with Crippen molar-refractivity contribution in [1.82, 2.24) is 10.2 Å². The third kappa shape index (κ3) is 5.12. The highest BCUT2D eigenvalue weighted by Gasteiger charge is 2.30. The van der Waals surface area contributed by atoms with Crippen LogP contribution in [0.4, 0.5) is 4.39 Å². The summed E-state index contributed by atoms with van der Waals surface area (Å²) in [4.78, 5) is 14.2. The maximum absolute atomic E-state index is 13.4. The van der Waals surface area contributed by atoms with Gasteiger partial charge in [0.25, 0.3) is 5.91 Å². The second-order valence-electron chi connectivity index (χ2n) is 6.40. The molecule has 0 saturated carbocycles. The van der Waals surface area contributed by atoms with Crippen LogP contribution < -0.4 is 14.8 Å². The van der Waals surface area contributed by atoms with Gasteiger partial charge >= 0.3 is 0 Å². The van der Waals surface area contributed by atoms with Crippen LogP contribution in [0.5, 0.6) is 11.5 Å². The van der Waals surface area contributed by atoms with Gasteiger partial charge in [0, 0.05) is 6.54 Å². The minimum atomic E-state index is -0.357. The summed E-state index contributed by atoms with van der Waals surface area (Å²) in [5.74, 6) is 0.805. The maximum Gasteiger partial charge on any atom is 0.276 e. The molecule has 152 valence electrons. The van der Waals surface area contributed by atoms with E-state index in [-0.39, 0.29) is 11.7 Å². The molecule has 0 radical (unpaired) electrons. The fourth-order valence-corrected chi connectivity index (χ4v) is 3.31. The van der Waals surface area contributed by atoms with E-state index < -0.39 is 0 Å². The number of nitrogens with one attached hydrogen (secondary N) is 1. The minimum absolute atomic E-state index is 0.227. The van der Waals surface area contributed by atoms with E-state index in [2.05, 4.69) is 5.32 Å². The molecule has 0 spiro atoms. The first-order chi connectivity index (χ1) is 14.0. The van der Waals surface area contributed by atoms with Gasteiger partial charge in [-0.05, 0) is 74.0 Å². The van der Waals surface area contributed by atoms with Gasteiger partial charge in [-0.15, -0.1) is 0 Å². The SMILES string of the molecule is CCOc1ccc(CCN2C(=O)/C(=C\c3cccc(F)c3)NC2=S)cc1OCC. The van der Waals surface area contributed by atoms with Crippen molar-refractivity contribution < 1.29 is 18.7 Å². The van der Waals surface area contributed by atoms with Crippen LogP contribution in [0, 0.1) is 5.82 Å². The first-order valence-electron chi connectivity index (χ1n) is 9.50. The van der Waals surface area contributed by atoms with Gasteiger partial charge in [-0.25, -0.2) is 4.39 Å². The van der Waals surface area contributed by atoms with E-state index in [9.17, 15) is 9.18 Å². The Morgan fingerprint density at radius 2 is 1.86 bits per heavy atom. The summed E-state index contributed by atoms with van der Waals surface area (Å²) >= 11 is 5.31. The number of ether oxygens (including phenoxy) is 2. The third-order valence-corrected chi connectivity index (χ3v) is 4.68. The van der Waals surface area contributed by atoms with Crippen LogP contribution >= 0.6 is 12.2 Å². The van der Waals surface area contributed by atoms with Crippen LogP contribution in [0.15, 0.2) is 48.2 Å². The molecule has 0 atom stereocenters. The van der Waals surface area contributed by atoms with Crippen LogP contribution in [0.25, 0.3) is 6.08 Å². The van der Waals surface area contributed by atoms with Crippen LogP contribution in [0.2, 0.25) is 0 Å². The zero-order valence-electron chi connectivity index (χ0n) is 16.4. The number of thiocarbonyl (C=S) groups is 1. The predicted octanol–water partition coefficient (Wildman–Crippen LogP) is 3.92. The molecule has 0 aromatic heterocycles. The average molecular weight is 415 g/mol. The van der Waals surface area contributed by atoms with Gasteiger partial charge < -0.3 is 14.8 Å². The summed E-state index contributed by atoms with van der Waals surface area (Å²) in [6.07, 6.45) is 2.20. The zero-order chi connectivity index (χ0) is 20.8. The fraction of sp³-hybridized carbons (Fsp3) is 0.273. The van der Waals surface area contributed by atoms with Crippen LogP contribution in [-0.2, 0) is 11.2 Å². The van der Waals surface area contributed by atoms with Gasteiger partial charge in [-0.3, -0.25) is 9.69 Å². The van der Waals surface area contributed by atoms with Crippen molar-refractivity contribution in [2.45, 2.75) is 20.3 Å². The topological polar surface area (TPSA) is 50.8 Å². The molecule has 2 aromatic carbocycles. The average Bonchev–Trinajstić information content (AvgIpc) is 2.95. The minimum Gasteiger partial charge on any atom is -0.490 e. The molecule has 0 unspecified atom stereocenters. The van der Waals surface area contributed by atoms with Crippen LogP contribution in [-0.4, -0.2) is 35.7 Å². The molecule has 1 saturated heterocycles. The molecule has 3 rings (SSSR count). The number of carbonyl (C=O) groups is 1. The second-order valence-corrected chi connectivity index (χ2v) is 6.78. The lowest BCUT2D eigenvalue weighted by Crippen LogP contribution is -2.32. The summed E-state index contributed by atoms with van der Waals surface area (Å²) in [7, 11) is 0. The smallest absolute Gasteiger partial charge is 0.276 e. The van der Waals surface area contributed by atoms with Crippen molar-refractivity contribution >= 4 is 29.3 Å². The molecule has 0 bridgehead atoms. The van der Waals surface area contributed by atoms with Crippen molar-refractivity contribution in [3.8, 4) is 11.5 Å². The van der Waals surface area contributed by atoms with E-state index >= 15 is 0 Å². The number of amides is 1. The van der Waals surface area contributed by atoms with E-state index in [4.69, 9.17) is 21.7 Å². The lowest BCUT2D eigenvalue weighted by atomic mass is 10.1. The van der Waals surface area contributed by atoms with Crippen molar-refractivity contribution in [1.29, 1.82) is 0 Å². The number of halogens is 1. The Morgan fingerprint density at radius 1 is 1.10 bits per heavy atom. The summed E-state index contributed by atoms with van der Waals surface area (Å²) in [6.45, 7) is 5.36. The third-order valence-electron chi connectivity index (χ3n) is 4.35. The monoisotopic (exact) mass is 414 g/mol. The Hall–Kier alpha value is -2.93. The van der Waals surface area contributed by atoms with E-state index in [1.807, 2.05) is 32.0 Å². The first-order valence-corrected chi connectivity index (χ1v) is 9.91. The van der Waals surface area contributed by atoms with E-state index in [1.165, 1.54) is 17.0 Å². The molecule has 29 heavy (non-hydrogen) atoms. The van der Waals surface area contributed by atoms with Crippen LogP contribution in [0.1, 0.15) is 25.0 Å². The highest BCUT2D eigenvalue weighted by atomic mass is 32.1. The van der Waals surface area contributed by atoms with E-state index in [1.54, 1.807) is 18.2 Å². The Bertz CT molecular complexity index is 945. The molecular weight excluding hydrogens is 391 g/mol. The highest BCUT2D eigenvalue weighted by Crippen LogP contribution is 2.29. The van der Waals surface area contributed by atoms with Gasteiger partial charge in [-0.1, -0.05) is 18.2 Å². The van der Waals surface area contributed by atoms with Crippen molar-refractivity contribution in [2.24, 2.45) is 0 Å². The predicted molar refractivity (Wildman–Crippen MR) is 114 cm³/mol. The van der Waals surface area contributed by atoms with Gasteiger partial charge in [0.2, 0.25) is 0 Å². The largest absolute Gasteiger partial charge is 0.490 e. The second kappa shape index (κ2) is 9.52. The number of nitrogens with zero attached hydrogens (tertiary/aromatic N) is 1. The molecule has 1 heterocycles. The van der Waals surface area contributed by atoms with Crippen molar-refractivity contribution in [3.05, 3.63) is 65.1 Å². The molecule has 1 aliphatic rings. The molecule has 7 heteroatoms. The number of rotatable bonds is 8. The van der Waals surface area contributed by atoms with Gasteiger partial charge in [0.05, 0.1) is 13.2 Å². The number of carbonyl (C=O) groups excluding carboxylic acids is 1. The Morgan fingerprint density at radius 3 is 2.59 bits per heavy atom. The molecule has 2 aromatic rings. The fourth-order valence-electron chi connectivity index (χ4n) is 3.03. The first kappa shape index (κ1) is 20.8. The highest BCUT2D eigenvalue weighted by molar-refractivity contribution is 7.80. The Balaban J connectivity index is 1.70. The van der Waals surface area contributed by atoms with E-state index in [0.29, 0.717) is 54.1 Å². The Labute approximate surface area is 175 Å². The number of benzene rings is 2.